The Morgan fingerprint density at radius 3 is 2.17 bits per heavy atom. The molecule has 0 bridgehead atoms. The third kappa shape index (κ3) is 4.92. The van der Waals surface area contributed by atoms with E-state index >= 15 is 0 Å². The molecule has 0 radical (unpaired) electrons. The van der Waals surface area contributed by atoms with Crippen LogP contribution in [0.5, 0.6) is 0 Å². The van der Waals surface area contributed by atoms with E-state index in [1.165, 1.54) is 11.8 Å². The molecular weight excluding hydrogens is 380 g/mol. The van der Waals surface area contributed by atoms with Gasteiger partial charge in [0.25, 0.3) is 0 Å². The molecule has 0 fully saturated rings. The average molecular weight is 405 g/mol. The summed E-state index contributed by atoms with van der Waals surface area (Å²) < 4.78 is 23.3. The van der Waals surface area contributed by atoms with Crippen LogP contribution >= 0.6 is 0 Å². The van der Waals surface area contributed by atoms with Crippen molar-refractivity contribution in [2.75, 3.05) is 13.3 Å². The fourth-order valence-corrected chi connectivity index (χ4v) is 3.93. The van der Waals surface area contributed by atoms with Crippen molar-refractivity contribution in [3.8, 4) is 17.2 Å². The maximum absolute atomic E-state index is 11.6. The van der Waals surface area contributed by atoms with Crippen LogP contribution in [0.2, 0.25) is 0 Å². The third-order valence-electron chi connectivity index (χ3n) is 5.20. The molecule has 1 atom stereocenters. The van der Waals surface area contributed by atoms with Gasteiger partial charge in [-0.05, 0) is 54.4 Å². The molecular formula is C24H24N2O2S. The molecule has 0 N–H and O–H groups in total. The van der Waals surface area contributed by atoms with Crippen molar-refractivity contribution in [1.82, 2.24) is 4.90 Å². The van der Waals surface area contributed by atoms with E-state index in [4.69, 9.17) is 0 Å². The summed E-state index contributed by atoms with van der Waals surface area (Å²) in [5, 5.41) is 9.29. The van der Waals surface area contributed by atoms with Gasteiger partial charge in [0.05, 0.1) is 16.5 Å². The monoisotopic (exact) mass is 404 g/mol. The zero-order valence-corrected chi connectivity index (χ0v) is 17.6. The Morgan fingerprint density at radius 2 is 1.59 bits per heavy atom. The second kappa shape index (κ2) is 8.60. The number of hydrogen-bond acceptors (Lipinski definition) is 4. The molecule has 5 heteroatoms. The minimum absolute atomic E-state index is 0.141. The first-order chi connectivity index (χ1) is 13.8. The molecule has 29 heavy (non-hydrogen) atoms. The van der Waals surface area contributed by atoms with Crippen LogP contribution in [0, 0.1) is 11.3 Å². The van der Waals surface area contributed by atoms with Crippen LogP contribution in [0.4, 0.5) is 0 Å². The molecule has 0 unspecified atom stereocenters. The van der Waals surface area contributed by atoms with Crippen molar-refractivity contribution in [2.24, 2.45) is 0 Å². The molecule has 148 valence electrons. The van der Waals surface area contributed by atoms with Gasteiger partial charge in [-0.25, -0.2) is 8.42 Å². The second-order valence-electron chi connectivity index (χ2n) is 7.29. The summed E-state index contributed by atoms with van der Waals surface area (Å²) in [6, 6.07) is 25.3. The Hall–Kier alpha value is -2.94. The van der Waals surface area contributed by atoms with Crippen LogP contribution in [0.1, 0.15) is 29.7 Å². The van der Waals surface area contributed by atoms with Crippen LogP contribution in [-0.2, 0) is 16.4 Å². The first-order valence-corrected chi connectivity index (χ1v) is 11.3. The second-order valence-corrected chi connectivity index (χ2v) is 9.30. The van der Waals surface area contributed by atoms with Gasteiger partial charge in [0.15, 0.2) is 9.84 Å². The summed E-state index contributed by atoms with van der Waals surface area (Å²) in [6.07, 6.45) is 1.22. The molecule has 3 aromatic carbocycles. The normalized spacial score (nSPS) is 12.5. The lowest BCUT2D eigenvalue weighted by atomic mass is 9.99. The topological polar surface area (TPSA) is 61.2 Å². The lowest BCUT2D eigenvalue weighted by molar-refractivity contribution is 0.253. The van der Waals surface area contributed by atoms with Gasteiger partial charge in [-0.1, -0.05) is 54.6 Å². The summed E-state index contributed by atoms with van der Waals surface area (Å²) in [4.78, 5) is 2.55. The minimum Gasteiger partial charge on any atom is -0.295 e. The number of hydrogen-bond donors (Lipinski definition) is 0. The molecule has 3 rings (SSSR count). The summed E-state index contributed by atoms with van der Waals surface area (Å²) in [5.74, 6) is 0. The van der Waals surface area contributed by atoms with Gasteiger partial charge in [-0.3, -0.25) is 4.90 Å². The van der Waals surface area contributed by atoms with E-state index in [2.05, 4.69) is 30.0 Å². The third-order valence-corrected chi connectivity index (χ3v) is 6.32. The summed E-state index contributed by atoms with van der Waals surface area (Å²) in [7, 11) is -1.13. The van der Waals surface area contributed by atoms with Gasteiger partial charge < -0.3 is 0 Å². The fourth-order valence-electron chi connectivity index (χ4n) is 3.29. The van der Waals surface area contributed by atoms with E-state index in [9.17, 15) is 13.7 Å². The molecule has 0 aromatic heterocycles. The maximum atomic E-state index is 11.6. The predicted octanol–water partition coefficient (Wildman–Crippen LogP) is 4.82. The zero-order valence-electron chi connectivity index (χ0n) is 16.8. The van der Waals surface area contributed by atoms with Crippen molar-refractivity contribution in [3.05, 3.63) is 89.5 Å². The molecule has 0 aliphatic rings. The smallest absolute Gasteiger partial charge is 0.175 e. The lowest BCUT2D eigenvalue weighted by Gasteiger charge is -2.25. The van der Waals surface area contributed by atoms with Crippen LogP contribution in [-0.4, -0.2) is 26.6 Å². The highest BCUT2D eigenvalue weighted by Crippen LogP contribution is 2.25. The summed E-state index contributed by atoms with van der Waals surface area (Å²) >= 11 is 0. The highest BCUT2D eigenvalue weighted by Gasteiger charge is 2.14. The highest BCUT2D eigenvalue weighted by molar-refractivity contribution is 7.90. The SMILES string of the molecule is C[C@H](c1ccc(S(C)(=O)=O)cc1)N(C)Cc1ccc(-c2ccccc2C#N)cc1. The zero-order chi connectivity index (χ0) is 21.0. The predicted molar refractivity (Wildman–Crippen MR) is 116 cm³/mol. The van der Waals surface area contributed by atoms with Gasteiger partial charge in [-0.15, -0.1) is 0 Å². The molecule has 3 aromatic rings. The van der Waals surface area contributed by atoms with E-state index in [-0.39, 0.29) is 6.04 Å². The molecule has 0 saturated carbocycles. The molecule has 0 amide bonds. The van der Waals surface area contributed by atoms with Gasteiger partial charge in [-0.2, -0.15) is 5.26 Å². The van der Waals surface area contributed by atoms with E-state index in [0.717, 1.165) is 23.2 Å². The Bertz CT molecular complexity index is 1130. The van der Waals surface area contributed by atoms with E-state index in [1.54, 1.807) is 12.1 Å². The van der Waals surface area contributed by atoms with Gasteiger partial charge in [0.2, 0.25) is 0 Å². The number of benzene rings is 3. The maximum Gasteiger partial charge on any atom is 0.175 e. The first kappa shape index (κ1) is 20.8. The number of nitriles is 1. The Labute approximate surface area is 173 Å². The van der Waals surface area contributed by atoms with E-state index in [1.807, 2.05) is 55.6 Å². The Kier molecular flexibility index (Phi) is 6.17. The fraction of sp³-hybridized carbons (Fsp3) is 0.208. The summed E-state index contributed by atoms with van der Waals surface area (Å²) in [5.41, 5.74) is 4.88. The quantitative estimate of drug-likeness (QED) is 0.591. The molecule has 0 heterocycles. The molecule has 0 spiro atoms. The minimum atomic E-state index is -3.18. The van der Waals surface area contributed by atoms with Crippen molar-refractivity contribution in [2.45, 2.75) is 24.4 Å². The Morgan fingerprint density at radius 1 is 0.966 bits per heavy atom. The number of rotatable bonds is 6. The highest BCUT2D eigenvalue weighted by atomic mass is 32.2. The molecule has 4 nitrogen and oxygen atoms in total. The van der Waals surface area contributed by atoms with Crippen LogP contribution in [0.15, 0.2) is 77.7 Å². The van der Waals surface area contributed by atoms with E-state index < -0.39 is 9.84 Å². The number of sulfone groups is 1. The van der Waals surface area contributed by atoms with Gasteiger partial charge in [0, 0.05) is 18.8 Å². The number of nitrogens with zero attached hydrogens (tertiary/aromatic N) is 2. The van der Waals surface area contributed by atoms with Crippen LogP contribution in [0.25, 0.3) is 11.1 Å². The molecule has 0 aliphatic carbocycles. The molecule has 0 saturated heterocycles. The Balaban J connectivity index is 1.72. The van der Waals surface area contributed by atoms with Gasteiger partial charge >= 0.3 is 0 Å². The van der Waals surface area contributed by atoms with Crippen molar-refractivity contribution in [1.29, 1.82) is 5.26 Å². The van der Waals surface area contributed by atoms with Crippen molar-refractivity contribution >= 4 is 9.84 Å². The summed E-state index contributed by atoms with van der Waals surface area (Å²) in [6.45, 7) is 2.86. The molecule has 0 aliphatic heterocycles. The van der Waals surface area contributed by atoms with Crippen LogP contribution < -0.4 is 0 Å². The van der Waals surface area contributed by atoms with E-state index in [0.29, 0.717) is 10.5 Å². The van der Waals surface area contributed by atoms with Gasteiger partial charge in [0.1, 0.15) is 0 Å². The first-order valence-electron chi connectivity index (χ1n) is 9.38. The lowest BCUT2D eigenvalue weighted by Crippen LogP contribution is -2.21. The largest absolute Gasteiger partial charge is 0.295 e. The van der Waals surface area contributed by atoms with Crippen LogP contribution in [0.3, 0.4) is 0 Å². The van der Waals surface area contributed by atoms with Crippen molar-refractivity contribution < 1.29 is 8.42 Å². The standard InChI is InChI=1S/C24H24N2O2S/c1-18(20-12-14-23(15-13-20)29(3,27)28)26(2)17-19-8-10-21(11-9-19)24-7-5-4-6-22(24)16-25/h4-15,18H,17H2,1-3H3/t18-/m1/s1. The van der Waals surface area contributed by atoms with Crippen molar-refractivity contribution in [3.63, 3.8) is 0 Å². The average Bonchev–Trinajstić information content (AvgIpc) is 2.73.